The molecular weight excluding hydrogens is 478 g/mol. The topological polar surface area (TPSA) is 79.4 Å². The lowest BCUT2D eigenvalue weighted by molar-refractivity contribution is -0.129. The summed E-state index contributed by atoms with van der Waals surface area (Å²) in [6, 6.07) is 21.2. The van der Waals surface area contributed by atoms with Crippen molar-refractivity contribution in [3.05, 3.63) is 78.4 Å². The molecule has 0 aromatic heterocycles. The molecule has 0 saturated carbocycles. The summed E-state index contributed by atoms with van der Waals surface area (Å²) in [6.07, 6.45) is 0. The number of carbonyl (C=O) groups excluding carboxylic acids is 1. The summed E-state index contributed by atoms with van der Waals surface area (Å²) in [6.45, 7) is 3.84. The highest BCUT2D eigenvalue weighted by molar-refractivity contribution is 7.92. The van der Waals surface area contributed by atoms with E-state index in [4.69, 9.17) is 9.47 Å². The maximum atomic E-state index is 13.7. The summed E-state index contributed by atoms with van der Waals surface area (Å²) in [5.41, 5.74) is 2.26. The van der Waals surface area contributed by atoms with E-state index in [0.717, 1.165) is 21.3 Å². The van der Waals surface area contributed by atoms with Gasteiger partial charge in [0.25, 0.3) is 10.0 Å². The first-order valence-electron chi connectivity index (χ1n) is 11.7. The van der Waals surface area contributed by atoms with Gasteiger partial charge in [-0.15, -0.1) is 0 Å². The first-order valence-corrected chi connectivity index (χ1v) is 13.2. The Labute approximate surface area is 212 Å². The Morgan fingerprint density at radius 2 is 1.56 bits per heavy atom. The summed E-state index contributed by atoms with van der Waals surface area (Å²) in [4.78, 5) is 17.4. The van der Waals surface area contributed by atoms with E-state index in [1.165, 1.54) is 19.2 Å². The minimum absolute atomic E-state index is 0.116. The van der Waals surface area contributed by atoms with Crippen LogP contribution in [0, 0.1) is 6.92 Å². The molecule has 1 aliphatic heterocycles. The number of amides is 1. The molecule has 1 fully saturated rings. The first kappa shape index (κ1) is 25.4. The van der Waals surface area contributed by atoms with Crippen molar-refractivity contribution in [2.75, 3.05) is 56.1 Å². The van der Waals surface area contributed by atoms with Gasteiger partial charge >= 0.3 is 0 Å². The zero-order valence-electron chi connectivity index (χ0n) is 20.8. The predicted molar refractivity (Wildman–Crippen MR) is 140 cm³/mol. The van der Waals surface area contributed by atoms with Crippen LogP contribution in [-0.2, 0) is 14.8 Å². The van der Waals surface area contributed by atoms with Gasteiger partial charge < -0.3 is 19.3 Å². The van der Waals surface area contributed by atoms with Crippen LogP contribution < -0.4 is 18.7 Å². The SMILES string of the molecule is COc1ccc(N2CCN(C(=O)CN(c3cc(C)ccc3OC)S(=O)(=O)c3ccccc3)CC2)cc1. The molecule has 3 aromatic rings. The summed E-state index contributed by atoms with van der Waals surface area (Å²) in [5.74, 6) is 0.920. The molecule has 3 aromatic carbocycles. The second-order valence-corrected chi connectivity index (χ2v) is 10.4. The van der Waals surface area contributed by atoms with E-state index in [-0.39, 0.29) is 17.3 Å². The normalized spacial score (nSPS) is 13.9. The Bertz CT molecular complexity index is 1290. The van der Waals surface area contributed by atoms with E-state index in [1.54, 1.807) is 42.3 Å². The molecule has 4 rings (SSSR count). The lowest BCUT2D eigenvalue weighted by atomic mass is 10.2. The second kappa shape index (κ2) is 10.9. The number of piperazine rings is 1. The molecule has 0 spiro atoms. The summed E-state index contributed by atoms with van der Waals surface area (Å²) in [5, 5.41) is 0. The minimum Gasteiger partial charge on any atom is -0.497 e. The molecule has 190 valence electrons. The van der Waals surface area contributed by atoms with E-state index in [9.17, 15) is 13.2 Å². The molecule has 1 aliphatic rings. The maximum Gasteiger partial charge on any atom is 0.264 e. The van der Waals surface area contributed by atoms with Crippen molar-refractivity contribution in [1.29, 1.82) is 0 Å². The molecule has 0 radical (unpaired) electrons. The largest absolute Gasteiger partial charge is 0.497 e. The third kappa shape index (κ3) is 5.41. The molecule has 0 atom stereocenters. The average molecular weight is 510 g/mol. The zero-order chi connectivity index (χ0) is 25.7. The highest BCUT2D eigenvalue weighted by Gasteiger charge is 2.32. The maximum absolute atomic E-state index is 13.7. The quantitative estimate of drug-likeness (QED) is 0.462. The van der Waals surface area contributed by atoms with Crippen molar-refractivity contribution in [1.82, 2.24) is 4.90 Å². The lowest BCUT2D eigenvalue weighted by Crippen LogP contribution is -2.52. The smallest absolute Gasteiger partial charge is 0.264 e. The van der Waals surface area contributed by atoms with Crippen molar-refractivity contribution < 1.29 is 22.7 Å². The Morgan fingerprint density at radius 3 is 2.17 bits per heavy atom. The molecule has 0 bridgehead atoms. The summed E-state index contributed by atoms with van der Waals surface area (Å²) >= 11 is 0. The minimum atomic E-state index is -4.01. The van der Waals surface area contributed by atoms with Crippen LogP contribution in [0.15, 0.2) is 77.7 Å². The van der Waals surface area contributed by atoms with Gasteiger partial charge in [-0.25, -0.2) is 8.42 Å². The highest BCUT2D eigenvalue weighted by Crippen LogP contribution is 2.33. The number of aryl methyl sites for hydroxylation is 1. The Kier molecular flexibility index (Phi) is 7.69. The lowest BCUT2D eigenvalue weighted by Gasteiger charge is -2.37. The monoisotopic (exact) mass is 509 g/mol. The fourth-order valence-corrected chi connectivity index (χ4v) is 5.68. The third-order valence-corrected chi connectivity index (χ3v) is 8.06. The van der Waals surface area contributed by atoms with Crippen molar-refractivity contribution in [2.24, 2.45) is 0 Å². The Morgan fingerprint density at radius 1 is 0.889 bits per heavy atom. The fraction of sp³-hybridized carbons (Fsp3) is 0.296. The number of ether oxygens (including phenoxy) is 2. The molecule has 1 amide bonds. The van der Waals surface area contributed by atoms with Gasteiger partial charge in [-0.2, -0.15) is 0 Å². The number of nitrogens with zero attached hydrogens (tertiary/aromatic N) is 3. The van der Waals surface area contributed by atoms with Crippen LogP contribution in [0.1, 0.15) is 5.56 Å². The number of carbonyl (C=O) groups is 1. The molecule has 8 nitrogen and oxygen atoms in total. The standard InChI is InChI=1S/C27H31N3O5S/c1-21-9-14-26(35-3)25(19-21)30(36(32,33)24-7-5-4-6-8-24)20-27(31)29-17-15-28(16-18-29)22-10-12-23(34-2)13-11-22/h4-14,19H,15-18,20H2,1-3H3. The average Bonchev–Trinajstić information content (AvgIpc) is 2.92. The third-order valence-electron chi connectivity index (χ3n) is 6.28. The van der Waals surface area contributed by atoms with Gasteiger partial charge in [0.15, 0.2) is 0 Å². The van der Waals surface area contributed by atoms with Crippen molar-refractivity contribution >= 4 is 27.3 Å². The number of hydrogen-bond acceptors (Lipinski definition) is 6. The number of rotatable bonds is 8. The van der Waals surface area contributed by atoms with E-state index >= 15 is 0 Å². The van der Waals surface area contributed by atoms with Crippen LogP contribution >= 0.6 is 0 Å². The first-order chi connectivity index (χ1) is 17.3. The van der Waals surface area contributed by atoms with Gasteiger partial charge in [0, 0.05) is 31.9 Å². The molecular formula is C27H31N3O5S. The molecule has 1 heterocycles. The summed E-state index contributed by atoms with van der Waals surface area (Å²) in [7, 11) is -0.894. The number of methoxy groups -OCH3 is 2. The Hall–Kier alpha value is -3.72. The van der Waals surface area contributed by atoms with Gasteiger partial charge in [0.05, 0.1) is 24.8 Å². The van der Waals surface area contributed by atoms with Crippen molar-refractivity contribution in [2.45, 2.75) is 11.8 Å². The van der Waals surface area contributed by atoms with Crippen LogP contribution in [0.5, 0.6) is 11.5 Å². The van der Waals surface area contributed by atoms with E-state index in [1.807, 2.05) is 37.3 Å². The molecule has 0 N–H and O–H groups in total. The fourth-order valence-electron chi connectivity index (χ4n) is 4.24. The predicted octanol–water partition coefficient (Wildman–Crippen LogP) is 3.56. The Balaban J connectivity index is 1.56. The van der Waals surface area contributed by atoms with Crippen LogP contribution in [0.2, 0.25) is 0 Å². The van der Waals surface area contributed by atoms with Crippen molar-refractivity contribution in [3.8, 4) is 11.5 Å². The molecule has 9 heteroatoms. The van der Waals surface area contributed by atoms with Crippen LogP contribution in [0.4, 0.5) is 11.4 Å². The number of hydrogen-bond donors (Lipinski definition) is 0. The van der Waals surface area contributed by atoms with Gasteiger partial charge in [-0.3, -0.25) is 9.10 Å². The van der Waals surface area contributed by atoms with Crippen LogP contribution in [0.3, 0.4) is 0 Å². The van der Waals surface area contributed by atoms with E-state index < -0.39 is 10.0 Å². The molecule has 0 unspecified atom stereocenters. The zero-order valence-corrected chi connectivity index (χ0v) is 21.6. The van der Waals surface area contributed by atoms with Crippen molar-refractivity contribution in [3.63, 3.8) is 0 Å². The van der Waals surface area contributed by atoms with Gasteiger partial charge in [0.2, 0.25) is 5.91 Å². The molecule has 36 heavy (non-hydrogen) atoms. The highest BCUT2D eigenvalue weighted by atomic mass is 32.2. The number of benzene rings is 3. The second-order valence-electron chi connectivity index (χ2n) is 8.57. The van der Waals surface area contributed by atoms with E-state index in [2.05, 4.69) is 4.90 Å². The van der Waals surface area contributed by atoms with Gasteiger partial charge in [-0.05, 0) is 61.0 Å². The molecule has 0 aliphatic carbocycles. The van der Waals surface area contributed by atoms with Crippen LogP contribution in [0.25, 0.3) is 0 Å². The molecule has 1 saturated heterocycles. The van der Waals surface area contributed by atoms with Gasteiger partial charge in [-0.1, -0.05) is 24.3 Å². The van der Waals surface area contributed by atoms with E-state index in [0.29, 0.717) is 37.6 Å². The number of sulfonamides is 1. The van der Waals surface area contributed by atoms with Gasteiger partial charge in [0.1, 0.15) is 18.0 Å². The van der Waals surface area contributed by atoms with Crippen LogP contribution in [-0.4, -0.2) is 66.2 Å². The number of anilines is 2. The summed E-state index contributed by atoms with van der Waals surface area (Å²) < 4.78 is 39.3.